The van der Waals surface area contributed by atoms with E-state index in [2.05, 4.69) is 50.8 Å². The highest BCUT2D eigenvalue weighted by atomic mass is 79.9. The average molecular weight is 610 g/mol. The highest BCUT2D eigenvalue weighted by Crippen LogP contribution is 2.44. The number of ether oxygens (including phenoxy) is 3. The minimum Gasteiger partial charge on any atom is -0.484 e. The van der Waals surface area contributed by atoms with Crippen LogP contribution in [0.1, 0.15) is 42.9 Å². The van der Waals surface area contributed by atoms with Crippen LogP contribution >= 0.6 is 15.9 Å². The fraction of sp³-hybridized carbons (Fsp3) is 0.323. The van der Waals surface area contributed by atoms with Gasteiger partial charge >= 0.3 is 12.1 Å². The number of benzene rings is 3. The van der Waals surface area contributed by atoms with Crippen LogP contribution in [0.5, 0.6) is 5.75 Å². The topological polar surface area (TPSA) is 103 Å². The number of fused-ring (bicyclic) bond motifs is 3. The van der Waals surface area contributed by atoms with Crippen LogP contribution in [-0.2, 0) is 25.7 Å². The standard InChI is InChI=1S/C31H33BrN2O6/c1-31(2,32)29(36)39-18-21-12-14-22(15-13-21)38-20-28(35)33-16-7-17-34-30(37)40-19-27-25-10-5-3-8-23(25)24-9-4-6-11-26(24)27/h3-6,8-15,27H,7,16-20H2,1-2H3,(H,33,35)(H,34,37). The molecule has 0 aliphatic heterocycles. The Hall–Kier alpha value is -3.85. The molecule has 1 aliphatic carbocycles. The number of carbonyl (C=O) groups excluding carboxylic acids is 3. The number of rotatable bonds is 12. The van der Waals surface area contributed by atoms with Crippen LogP contribution in [0.2, 0.25) is 0 Å². The zero-order valence-corrected chi connectivity index (χ0v) is 24.2. The summed E-state index contributed by atoms with van der Waals surface area (Å²) in [5.41, 5.74) is 5.50. The lowest BCUT2D eigenvalue weighted by Crippen LogP contribution is -2.33. The summed E-state index contributed by atoms with van der Waals surface area (Å²) in [5.74, 6) is -0.0718. The molecule has 8 nitrogen and oxygen atoms in total. The molecule has 0 atom stereocenters. The minimum absolute atomic E-state index is 0.0119. The van der Waals surface area contributed by atoms with Gasteiger partial charge in [-0.2, -0.15) is 0 Å². The van der Waals surface area contributed by atoms with Gasteiger partial charge in [0, 0.05) is 19.0 Å². The van der Waals surface area contributed by atoms with Crippen molar-refractivity contribution in [2.45, 2.75) is 37.1 Å². The molecule has 0 fully saturated rings. The average Bonchev–Trinajstić information content (AvgIpc) is 3.27. The Morgan fingerprint density at radius 2 is 1.43 bits per heavy atom. The van der Waals surface area contributed by atoms with Gasteiger partial charge in [0.05, 0.1) is 0 Å². The molecule has 2 N–H and O–H groups in total. The number of alkyl halides is 1. The Morgan fingerprint density at radius 3 is 2.05 bits per heavy atom. The van der Waals surface area contributed by atoms with Crippen LogP contribution in [-0.4, -0.2) is 48.6 Å². The molecule has 210 valence electrons. The van der Waals surface area contributed by atoms with E-state index in [-0.39, 0.29) is 37.6 Å². The van der Waals surface area contributed by atoms with Crippen LogP contribution in [0.15, 0.2) is 72.8 Å². The van der Waals surface area contributed by atoms with Gasteiger partial charge in [0.2, 0.25) is 0 Å². The number of alkyl carbamates (subject to hydrolysis) is 1. The second-order valence-electron chi connectivity index (χ2n) is 9.94. The minimum atomic E-state index is -0.737. The molecule has 0 saturated heterocycles. The lowest BCUT2D eigenvalue weighted by atomic mass is 9.98. The maximum atomic E-state index is 12.3. The van der Waals surface area contributed by atoms with Crippen molar-refractivity contribution in [1.29, 1.82) is 0 Å². The van der Waals surface area contributed by atoms with E-state index >= 15 is 0 Å². The quantitative estimate of drug-likeness (QED) is 0.164. The summed E-state index contributed by atoms with van der Waals surface area (Å²) in [5, 5.41) is 5.50. The summed E-state index contributed by atoms with van der Waals surface area (Å²) in [7, 11) is 0. The van der Waals surface area contributed by atoms with E-state index in [0.29, 0.717) is 25.3 Å². The number of esters is 1. The van der Waals surface area contributed by atoms with E-state index in [4.69, 9.17) is 14.2 Å². The van der Waals surface area contributed by atoms with Crippen molar-refractivity contribution >= 4 is 33.9 Å². The Bertz CT molecular complexity index is 1290. The van der Waals surface area contributed by atoms with Gasteiger partial charge < -0.3 is 24.8 Å². The zero-order chi connectivity index (χ0) is 28.5. The summed E-state index contributed by atoms with van der Waals surface area (Å²) < 4.78 is 15.5. The van der Waals surface area contributed by atoms with Crippen LogP contribution in [0.25, 0.3) is 11.1 Å². The molecule has 0 unspecified atom stereocenters. The Kier molecular flexibility index (Phi) is 9.82. The van der Waals surface area contributed by atoms with Crippen LogP contribution < -0.4 is 15.4 Å². The summed E-state index contributed by atoms with van der Waals surface area (Å²) in [4.78, 5) is 36.2. The number of hydrogen-bond acceptors (Lipinski definition) is 6. The fourth-order valence-corrected chi connectivity index (χ4v) is 4.47. The van der Waals surface area contributed by atoms with Crippen molar-refractivity contribution in [1.82, 2.24) is 10.6 Å². The van der Waals surface area contributed by atoms with E-state index in [1.807, 2.05) is 24.3 Å². The maximum Gasteiger partial charge on any atom is 0.407 e. The van der Waals surface area contributed by atoms with Crippen molar-refractivity contribution in [2.24, 2.45) is 0 Å². The lowest BCUT2D eigenvalue weighted by Gasteiger charge is -2.15. The Labute approximate surface area is 242 Å². The summed E-state index contributed by atoms with van der Waals surface area (Å²) in [6.07, 6.45) is 0.0693. The first-order chi connectivity index (χ1) is 19.2. The molecule has 0 heterocycles. The molecule has 4 rings (SSSR count). The smallest absolute Gasteiger partial charge is 0.407 e. The van der Waals surface area contributed by atoms with Crippen molar-refractivity contribution in [2.75, 3.05) is 26.3 Å². The molecule has 0 radical (unpaired) electrons. The van der Waals surface area contributed by atoms with Gasteiger partial charge in [0.1, 0.15) is 23.3 Å². The first-order valence-electron chi connectivity index (χ1n) is 13.2. The predicted molar refractivity (Wildman–Crippen MR) is 155 cm³/mol. The fourth-order valence-electron chi connectivity index (χ4n) is 4.36. The van der Waals surface area contributed by atoms with Gasteiger partial charge in [-0.05, 0) is 60.2 Å². The second-order valence-corrected chi connectivity index (χ2v) is 11.9. The molecule has 3 aromatic rings. The number of nitrogens with one attached hydrogen (secondary N) is 2. The zero-order valence-electron chi connectivity index (χ0n) is 22.6. The Morgan fingerprint density at radius 1 is 0.825 bits per heavy atom. The van der Waals surface area contributed by atoms with E-state index in [0.717, 1.165) is 16.7 Å². The van der Waals surface area contributed by atoms with Gasteiger partial charge in [-0.15, -0.1) is 0 Å². The number of amides is 2. The molecular weight excluding hydrogens is 576 g/mol. The van der Waals surface area contributed by atoms with Gasteiger partial charge in [0.25, 0.3) is 5.91 Å². The van der Waals surface area contributed by atoms with Gasteiger partial charge in [-0.1, -0.05) is 76.6 Å². The van der Waals surface area contributed by atoms with Gasteiger partial charge in [-0.3, -0.25) is 9.59 Å². The third-order valence-corrected chi connectivity index (χ3v) is 6.76. The first kappa shape index (κ1) is 29.1. The van der Waals surface area contributed by atoms with E-state index in [1.165, 1.54) is 11.1 Å². The molecule has 0 bridgehead atoms. The molecule has 0 spiro atoms. The molecule has 1 aliphatic rings. The molecule has 40 heavy (non-hydrogen) atoms. The number of hydrogen-bond donors (Lipinski definition) is 2. The third kappa shape index (κ3) is 7.85. The van der Waals surface area contributed by atoms with Crippen molar-refractivity contribution < 1.29 is 28.6 Å². The summed E-state index contributed by atoms with van der Waals surface area (Å²) >= 11 is 3.27. The summed E-state index contributed by atoms with van der Waals surface area (Å²) in [6.45, 7) is 4.48. The van der Waals surface area contributed by atoms with E-state index < -0.39 is 10.4 Å². The summed E-state index contributed by atoms with van der Waals surface area (Å²) in [6, 6.07) is 23.4. The molecular formula is C31H33BrN2O6. The largest absolute Gasteiger partial charge is 0.484 e. The van der Waals surface area contributed by atoms with Crippen LogP contribution in [0.4, 0.5) is 4.79 Å². The lowest BCUT2D eigenvalue weighted by molar-refractivity contribution is -0.146. The van der Waals surface area contributed by atoms with Crippen LogP contribution in [0, 0.1) is 0 Å². The first-order valence-corrected chi connectivity index (χ1v) is 13.9. The van der Waals surface area contributed by atoms with Crippen molar-refractivity contribution in [3.8, 4) is 16.9 Å². The third-order valence-electron chi connectivity index (χ3n) is 6.44. The normalized spacial score (nSPS) is 12.2. The number of carbonyl (C=O) groups is 3. The molecule has 0 saturated carbocycles. The SMILES string of the molecule is CC(C)(Br)C(=O)OCc1ccc(OCC(=O)NCCCNC(=O)OCC2c3ccccc3-c3ccccc32)cc1. The van der Waals surface area contributed by atoms with Crippen molar-refractivity contribution in [3.63, 3.8) is 0 Å². The molecule has 3 aromatic carbocycles. The Balaban J connectivity index is 1.09. The maximum absolute atomic E-state index is 12.3. The molecule has 9 heteroatoms. The van der Waals surface area contributed by atoms with E-state index in [1.54, 1.807) is 38.1 Å². The highest BCUT2D eigenvalue weighted by molar-refractivity contribution is 9.10. The highest BCUT2D eigenvalue weighted by Gasteiger charge is 2.29. The van der Waals surface area contributed by atoms with Crippen molar-refractivity contribution in [3.05, 3.63) is 89.5 Å². The van der Waals surface area contributed by atoms with Crippen LogP contribution in [0.3, 0.4) is 0 Å². The molecule has 2 amide bonds. The molecule has 0 aromatic heterocycles. The number of halogens is 1. The predicted octanol–water partition coefficient (Wildman–Crippen LogP) is 5.33. The van der Waals surface area contributed by atoms with Gasteiger partial charge in [-0.25, -0.2) is 4.79 Å². The van der Waals surface area contributed by atoms with Gasteiger partial charge in [0.15, 0.2) is 6.61 Å². The van der Waals surface area contributed by atoms with E-state index in [9.17, 15) is 14.4 Å². The second kappa shape index (κ2) is 13.5. The monoisotopic (exact) mass is 608 g/mol.